The second-order valence-corrected chi connectivity index (χ2v) is 9.73. The summed E-state index contributed by atoms with van der Waals surface area (Å²) in [7, 11) is 0. The van der Waals surface area contributed by atoms with E-state index in [4.69, 9.17) is 4.98 Å². The van der Waals surface area contributed by atoms with Crippen molar-refractivity contribution in [1.82, 2.24) is 9.88 Å². The number of hydrogen-bond donors (Lipinski definition) is 1. The third-order valence-corrected chi connectivity index (χ3v) is 7.68. The molecule has 2 amide bonds. The zero-order valence-corrected chi connectivity index (χ0v) is 18.9. The lowest BCUT2D eigenvalue weighted by Gasteiger charge is -2.21. The fraction of sp³-hybridized carbons (Fsp3) is 0.400. The Morgan fingerprint density at radius 2 is 1.74 bits per heavy atom. The number of carbonyl (C=O) groups is 2. The normalized spacial score (nSPS) is 15.5. The number of carbonyl (C=O) groups excluding carboxylic acids is 2. The SMILES string of the molecule is Cc1sc2nc3c(c(NCCCCN4C(=O)c5ccccc5C4=O)c2c1C)CCCC3. The average molecular weight is 434 g/mol. The van der Waals surface area contributed by atoms with Gasteiger partial charge in [-0.25, -0.2) is 4.98 Å². The lowest BCUT2D eigenvalue weighted by molar-refractivity contribution is 0.0652. The monoisotopic (exact) mass is 433 g/mol. The van der Waals surface area contributed by atoms with Crippen molar-refractivity contribution in [3.05, 3.63) is 57.1 Å². The largest absolute Gasteiger partial charge is 0.384 e. The van der Waals surface area contributed by atoms with E-state index in [1.54, 1.807) is 23.5 Å². The maximum atomic E-state index is 12.5. The van der Waals surface area contributed by atoms with E-state index < -0.39 is 0 Å². The van der Waals surface area contributed by atoms with Gasteiger partial charge in [-0.3, -0.25) is 14.5 Å². The quantitative estimate of drug-likeness (QED) is 0.424. The van der Waals surface area contributed by atoms with Crippen molar-refractivity contribution in [2.45, 2.75) is 52.4 Å². The van der Waals surface area contributed by atoms with Crippen molar-refractivity contribution >= 4 is 39.1 Å². The minimum Gasteiger partial charge on any atom is -0.384 e. The number of fused-ring (bicyclic) bond motifs is 3. The van der Waals surface area contributed by atoms with E-state index in [1.165, 1.54) is 50.5 Å². The van der Waals surface area contributed by atoms with Crippen molar-refractivity contribution in [3.8, 4) is 0 Å². The summed E-state index contributed by atoms with van der Waals surface area (Å²) in [4.78, 5) is 33.9. The number of imide groups is 1. The first-order valence-corrected chi connectivity index (χ1v) is 12.0. The Labute approximate surface area is 186 Å². The summed E-state index contributed by atoms with van der Waals surface area (Å²) in [6, 6.07) is 7.09. The van der Waals surface area contributed by atoms with Crippen LogP contribution in [0.1, 0.15) is 68.1 Å². The molecule has 0 fully saturated rings. The van der Waals surface area contributed by atoms with Crippen LogP contribution >= 0.6 is 11.3 Å². The van der Waals surface area contributed by atoms with Gasteiger partial charge in [-0.05, 0) is 75.6 Å². The molecule has 0 radical (unpaired) electrons. The molecular weight excluding hydrogens is 406 g/mol. The molecule has 1 aliphatic carbocycles. The zero-order valence-electron chi connectivity index (χ0n) is 18.1. The van der Waals surface area contributed by atoms with Crippen LogP contribution in [0, 0.1) is 13.8 Å². The van der Waals surface area contributed by atoms with Gasteiger partial charge < -0.3 is 5.32 Å². The van der Waals surface area contributed by atoms with Crippen LogP contribution in [-0.4, -0.2) is 34.8 Å². The van der Waals surface area contributed by atoms with Crippen molar-refractivity contribution in [2.75, 3.05) is 18.4 Å². The number of aryl methyl sites for hydroxylation is 3. The highest BCUT2D eigenvalue weighted by atomic mass is 32.1. The summed E-state index contributed by atoms with van der Waals surface area (Å²) in [5, 5.41) is 4.99. The molecule has 3 aromatic rings. The van der Waals surface area contributed by atoms with Gasteiger partial charge in [-0.1, -0.05) is 12.1 Å². The highest BCUT2D eigenvalue weighted by molar-refractivity contribution is 7.18. The first-order chi connectivity index (χ1) is 15.1. The first kappa shape index (κ1) is 20.2. The number of unbranched alkanes of at least 4 members (excludes halogenated alkanes) is 1. The van der Waals surface area contributed by atoms with E-state index in [9.17, 15) is 9.59 Å². The second kappa shape index (κ2) is 8.08. The molecule has 1 aromatic carbocycles. The first-order valence-electron chi connectivity index (χ1n) is 11.2. The molecule has 3 heterocycles. The highest BCUT2D eigenvalue weighted by Gasteiger charge is 2.34. The number of nitrogens with zero attached hydrogens (tertiary/aromatic N) is 2. The molecule has 0 saturated carbocycles. The molecule has 2 aliphatic rings. The average Bonchev–Trinajstić information content (AvgIpc) is 3.20. The van der Waals surface area contributed by atoms with Gasteiger partial charge in [-0.2, -0.15) is 0 Å². The van der Waals surface area contributed by atoms with Gasteiger partial charge in [0.2, 0.25) is 0 Å². The van der Waals surface area contributed by atoms with Crippen molar-refractivity contribution in [3.63, 3.8) is 0 Å². The predicted octanol–water partition coefficient (Wildman–Crippen LogP) is 5.28. The molecule has 2 aromatic heterocycles. The molecule has 160 valence electrons. The fourth-order valence-corrected chi connectivity index (χ4v) is 5.84. The molecule has 5 rings (SSSR count). The van der Waals surface area contributed by atoms with Gasteiger partial charge in [0, 0.05) is 34.7 Å². The molecule has 6 heteroatoms. The molecule has 5 nitrogen and oxygen atoms in total. The van der Waals surface area contributed by atoms with Crippen LogP contribution in [-0.2, 0) is 12.8 Å². The van der Waals surface area contributed by atoms with Crippen molar-refractivity contribution in [2.24, 2.45) is 0 Å². The lowest BCUT2D eigenvalue weighted by Crippen LogP contribution is -2.30. The number of benzene rings is 1. The van der Waals surface area contributed by atoms with Crippen molar-refractivity contribution < 1.29 is 9.59 Å². The number of anilines is 1. The number of thiophene rings is 1. The predicted molar refractivity (Wildman–Crippen MR) is 125 cm³/mol. The van der Waals surface area contributed by atoms with Crippen molar-refractivity contribution in [1.29, 1.82) is 0 Å². The number of amides is 2. The molecule has 0 spiro atoms. The van der Waals surface area contributed by atoms with Crippen LogP contribution in [0.25, 0.3) is 10.2 Å². The molecule has 0 saturated heterocycles. The number of nitrogens with one attached hydrogen (secondary N) is 1. The summed E-state index contributed by atoms with van der Waals surface area (Å²) in [5.41, 5.74) is 6.30. The Kier molecular flexibility index (Phi) is 5.26. The third-order valence-electron chi connectivity index (χ3n) is 6.58. The second-order valence-electron chi connectivity index (χ2n) is 8.52. The van der Waals surface area contributed by atoms with E-state index in [0.717, 1.165) is 37.1 Å². The summed E-state index contributed by atoms with van der Waals surface area (Å²) in [5.74, 6) is -0.328. The van der Waals surface area contributed by atoms with Gasteiger partial charge >= 0.3 is 0 Å². The molecule has 0 unspecified atom stereocenters. The minimum absolute atomic E-state index is 0.164. The Morgan fingerprint density at radius 1 is 1.03 bits per heavy atom. The summed E-state index contributed by atoms with van der Waals surface area (Å²) >= 11 is 1.79. The topological polar surface area (TPSA) is 62.3 Å². The van der Waals surface area contributed by atoms with Gasteiger partial charge in [0.05, 0.1) is 11.1 Å². The van der Waals surface area contributed by atoms with Gasteiger partial charge in [0.1, 0.15) is 4.83 Å². The van der Waals surface area contributed by atoms with Gasteiger partial charge in [0.25, 0.3) is 11.8 Å². The Bertz CT molecular complexity index is 1160. The van der Waals surface area contributed by atoms with Crippen LogP contribution < -0.4 is 5.32 Å². The van der Waals surface area contributed by atoms with E-state index in [-0.39, 0.29) is 11.8 Å². The van der Waals surface area contributed by atoms with E-state index >= 15 is 0 Å². The number of rotatable bonds is 6. The standard InChI is InChI=1S/C25H27N3O2S/c1-15-16(2)31-23-21(15)22(19-11-5-6-12-20(19)27-23)26-13-7-8-14-28-24(29)17-9-3-4-10-18(17)25(28)30/h3-4,9-10H,5-8,11-14H2,1-2H3,(H,26,27). The van der Waals surface area contributed by atoms with E-state index in [1.807, 2.05) is 12.1 Å². The van der Waals surface area contributed by atoms with Crippen LogP contribution in [0.2, 0.25) is 0 Å². The maximum Gasteiger partial charge on any atom is 0.261 e. The molecule has 31 heavy (non-hydrogen) atoms. The van der Waals surface area contributed by atoms with Gasteiger partial charge in [-0.15, -0.1) is 11.3 Å². The smallest absolute Gasteiger partial charge is 0.261 e. The van der Waals surface area contributed by atoms with Crippen LogP contribution in [0.15, 0.2) is 24.3 Å². The van der Waals surface area contributed by atoms with Gasteiger partial charge in [0.15, 0.2) is 0 Å². The Balaban J connectivity index is 1.26. The minimum atomic E-state index is -0.164. The van der Waals surface area contributed by atoms with E-state index in [2.05, 4.69) is 19.2 Å². The Morgan fingerprint density at radius 3 is 2.48 bits per heavy atom. The molecule has 1 aliphatic heterocycles. The Hall–Kier alpha value is -2.73. The molecule has 0 bridgehead atoms. The molecule has 0 atom stereocenters. The number of aromatic nitrogens is 1. The summed E-state index contributed by atoms with van der Waals surface area (Å²) in [6.45, 7) is 5.66. The van der Waals surface area contributed by atoms with Crippen LogP contribution in [0.5, 0.6) is 0 Å². The van der Waals surface area contributed by atoms with Crippen LogP contribution in [0.3, 0.4) is 0 Å². The van der Waals surface area contributed by atoms with E-state index in [0.29, 0.717) is 17.7 Å². The lowest BCUT2D eigenvalue weighted by atomic mass is 9.93. The molecule has 1 N–H and O–H groups in total. The summed E-state index contributed by atoms with van der Waals surface area (Å²) < 4.78 is 0. The van der Waals surface area contributed by atoms with Crippen LogP contribution in [0.4, 0.5) is 5.69 Å². The highest BCUT2D eigenvalue weighted by Crippen LogP contribution is 2.39. The maximum absolute atomic E-state index is 12.5. The summed E-state index contributed by atoms with van der Waals surface area (Å²) in [6.07, 6.45) is 6.27. The fourth-order valence-electron chi connectivity index (χ4n) is 4.78. The zero-order chi connectivity index (χ0) is 21.5. The number of pyridine rings is 1. The number of hydrogen-bond acceptors (Lipinski definition) is 5. The molecular formula is C25H27N3O2S. The third kappa shape index (κ3) is 3.43.